The van der Waals surface area contributed by atoms with Crippen molar-refractivity contribution in [3.05, 3.63) is 46.1 Å². The molecule has 0 aliphatic carbocycles. The maximum absolute atomic E-state index is 13.0. The van der Waals surface area contributed by atoms with Crippen molar-refractivity contribution >= 4 is 22.8 Å². The summed E-state index contributed by atoms with van der Waals surface area (Å²) in [5.74, 6) is 0.538. The Morgan fingerprint density at radius 3 is 2.38 bits per heavy atom. The van der Waals surface area contributed by atoms with E-state index < -0.39 is 5.69 Å². The highest BCUT2D eigenvalue weighted by Crippen LogP contribution is 2.28. The van der Waals surface area contributed by atoms with E-state index in [0.717, 1.165) is 5.71 Å². The first-order valence-corrected chi connectivity index (χ1v) is 8.48. The average molecular weight is 356 g/mol. The van der Waals surface area contributed by atoms with Crippen molar-refractivity contribution in [2.75, 3.05) is 11.6 Å². The van der Waals surface area contributed by atoms with Crippen molar-refractivity contribution in [1.82, 2.24) is 18.7 Å². The number of imidazole rings is 1. The molecule has 0 atom stereocenters. The summed E-state index contributed by atoms with van der Waals surface area (Å²) in [6, 6.07) is 0. The summed E-state index contributed by atoms with van der Waals surface area (Å²) in [6.07, 6.45) is 3.27. The molecule has 1 aliphatic rings. The van der Waals surface area contributed by atoms with Gasteiger partial charge in [-0.3, -0.25) is 18.5 Å². The molecule has 0 radical (unpaired) electrons. The number of hydrazone groups is 1. The zero-order chi connectivity index (χ0) is 19.2. The second-order valence-electron chi connectivity index (χ2n) is 7.38. The first-order valence-electron chi connectivity index (χ1n) is 8.48. The van der Waals surface area contributed by atoms with Gasteiger partial charge in [0.15, 0.2) is 11.2 Å². The number of fused-ring (bicyclic) bond motifs is 3. The normalized spacial score (nSPS) is 14.3. The molecule has 26 heavy (non-hydrogen) atoms. The standard InChI is InChI=1S/C18H24N6O2/c1-7-9-22-15(25)13-14(21(6)17(22)26)19-16-23(13)11-12(18(3,4)5)20-24(16)10-8-2/h7-8H,1-2,9-11H2,3-6H3. The molecular weight excluding hydrogens is 332 g/mol. The Labute approximate surface area is 151 Å². The number of nitrogens with zero attached hydrogens (tertiary/aromatic N) is 6. The summed E-state index contributed by atoms with van der Waals surface area (Å²) in [6.45, 7) is 14.7. The van der Waals surface area contributed by atoms with E-state index in [0.29, 0.717) is 30.2 Å². The monoisotopic (exact) mass is 356 g/mol. The predicted octanol–water partition coefficient (Wildman–Crippen LogP) is 1.49. The van der Waals surface area contributed by atoms with Gasteiger partial charge < -0.3 is 0 Å². The molecule has 0 bridgehead atoms. The van der Waals surface area contributed by atoms with Crippen molar-refractivity contribution < 1.29 is 0 Å². The minimum atomic E-state index is -0.412. The van der Waals surface area contributed by atoms with E-state index in [2.05, 4.69) is 38.9 Å². The van der Waals surface area contributed by atoms with E-state index >= 15 is 0 Å². The Bertz CT molecular complexity index is 1040. The third-order valence-electron chi connectivity index (χ3n) is 4.47. The third kappa shape index (κ3) is 2.61. The van der Waals surface area contributed by atoms with Crippen molar-refractivity contribution in [3.63, 3.8) is 0 Å². The molecule has 2 aromatic rings. The molecule has 0 amide bonds. The molecule has 8 heteroatoms. The lowest BCUT2D eigenvalue weighted by atomic mass is 9.89. The molecule has 0 N–H and O–H groups in total. The summed E-state index contributed by atoms with van der Waals surface area (Å²) in [4.78, 5) is 30.1. The molecule has 0 fully saturated rings. The van der Waals surface area contributed by atoms with E-state index in [1.807, 2.05) is 4.57 Å². The Hall–Kier alpha value is -2.90. The van der Waals surface area contributed by atoms with Crippen LogP contribution in [0.2, 0.25) is 0 Å². The van der Waals surface area contributed by atoms with E-state index in [-0.39, 0.29) is 17.5 Å². The largest absolute Gasteiger partial charge is 0.332 e. The minimum Gasteiger partial charge on any atom is -0.297 e. The third-order valence-corrected chi connectivity index (χ3v) is 4.47. The zero-order valence-electron chi connectivity index (χ0n) is 15.7. The fraction of sp³-hybridized carbons (Fsp3) is 0.444. The van der Waals surface area contributed by atoms with Gasteiger partial charge in [-0.25, -0.2) is 9.80 Å². The van der Waals surface area contributed by atoms with E-state index in [4.69, 9.17) is 5.10 Å². The van der Waals surface area contributed by atoms with Gasteiger partial charge in [0, 0.05) is 19.0 Å². The van der Waals surface area contributed by atoms with Crippen LogP contribution in [0.15, 0.2) is 40.0 Å². The number of aromatic nitrogens is 4. The SMILES string of the molecule is C=CCN1N=C(C(C)(C)C)Cn2c1nc1c2c(=O)n(CC=C)c(=O)n1C. The van der Waals surface area contributed by atoms with E-state index in [1.165, 1.54) is 15.2 Å². The van der Waals surface area contributed by atoms with Gasteiger partial charge in [-0.15, -0.1) is 13.2 Å². The molecule has 0 spiro atoms. The second kappa shape index (κ2) is 6.12. The van der Waals surface area contributed by atoms with E-state index in [9.17, 15) is 9.59 Å². The fourth-order valence-electron chi connectivity index (χ4n) is 3.00. The molecule has 0 saturated carbocycles. The number of aryl methyl sites for hydroxylation is 1. The molecule has 3 heterocycles. The molecule has 8 nitrogen and oxygen atoms in total. The Balaban J connectivity index is 2.37. The van der Waals surface area contributed by atoms with Crippen molar-refractivity contribution in [3.8, 4) is 0 Å². The van der Waals surface area contributed by atoms with Crippen LogP contribution in [0.4, 0.5) is 5.95 Å². The summed E-state index contributed by atoms with van der Waals surface area (Å²) in [7, 11) is 1.62. The average Bonchev–Trinajstić information content (AvgIpc) is 2.96. The fourth-order valence-corrected chi connectivity index (χ4v) is 3.00. The maximum Gasteiger partial charge on any atom is 0.332 e. The molecule has 0 saturated heterocycles. The van der Waals surface area contributed by atoms with Crippen molar-refractivity contribution in [1.29, 1.82) is 0 Å². The summed E-state index contributed by atoms with van der Waals surface area (Å²) in [5.41, 5.74) is 0.730. The highest BCUT2D eigenvalue weighted by molar-refractivity contribution is 5.93. The lowest BCUT2D eigenvalue weighted by molar-refractivity contribution is 0.552. The number of hydrogen-bond acceptors (Lipinski definition) is 5. The molecule has 3 rings (SSSR count). The smallest absolute Gasteiger partial charge is 0.297 e. The van der Waals surface area contributed by atoms with Crippen molar-refractivity contribution in [2.45, 2.75) is 33.9 Å². The summed E-state index contributed by atoms with van der Waals surface area (Å²) >= 11 is 0. The number of rotatable bonds is 4. The number of anilines is 1. The quantitative estimate of drug-likeness (QED) is 0.778. The molecule has 0 aromatic carbocycles. The molecular formula is C18H24N6O2. The van der Waals surface area contributed by atoms with Gasteiger partial charge in [0.2, 0.25) is 5.95 Å². The lowest BCUT2D eigenvalue weighted by Crippen LogP contribution is -2.40. The summed E-state index contributed by atoms with van der Waals surface area (Å²) in [5, 5.41) is 6.42. The van der Waals surface area contributed by atoms with Crippen LogP contribution in [0, 0.1) is 5.41 Å². The van der Waals surface area contributed by atoms with Crippen LogP contribution in [0.3, 0.4) is 0 Å². The maximum atomic E-state index is 13.0. The molecule has 138 valence electrons. The van der Waals surface area contributed by atoms with Gasteiger partial charge in [-0.2, -0.15) is 10.1 Å². The molecule has 0 unspecified atom stereocenters. The van der Waals surface area contributed by atoms with Crippen LogP contribution < -0.4 is 16.3 Å². The molecule has 1 aliphatic heterocycles. The van der Waals surface area contributed by atoms with Crippen LogP contribution in [0.25, 0.3) is 11.2 Å². The van der Waals surface area contributed by atoms with Crippen LogP contribution in [-0.4, -0.2) is 30.9 Å². The number of hydrogen-bond donors (Lipinski definition) is 0. The Kier molecular flexibility index (Phi) is 4.21. The van der Waals surface area contributed by atoms with Crippen LogP contribution in [0.1, 0.15) is 20.8 Å². The minimum absolute atomic E-state index is 0.151. The lowest BCUT2D eigenvalue weighted by Gasteiger charge is -2.30. The van der Waals surface area contributed by atoms with Gasteiger partial charge in [-0.1, -0.05) is 32.9 Å². The Morgan fingerprint density at radius 2 is 1.81 bits per heavy atom. The predicted molar refractivity (Wildman–Crippen MR) is 104 cm³/mol. The number of allylic oxidation sites excluding steroid dienone is 1. The highest BCUT2D eigenvalue weighted by atomic mass is 16.2. The second-order valence-corrected chi connectivity index (χ2v) is 7.38. The zero-order valence-corrected chi connectivity index (χ0v) is 15.7. The first-order chi connectivity index (χ1) is 12.2. The topological polar surface area (TPSA) is 77.4 Å². The van der Waals surface area contributed by atoms with Crippen LogP contribution in [-0.2, 0) is 20.1 Å². The Morgan fingerprint density at radius 1 is 1.15 bits per heavy atom. The highest BCUT2D eigenvalue weighted by Gasteiger charge is 2.31. The van der Waals surface area contributed by atoms with Gasteiger partial charge in [0.1, 0.15) is 0 Å². The van der Waals surface area contributed by atoms with Gasteiger partial charge in [-0.05, 0) is 0 Å². The first kappa shape index (κ1) is 17.9. The molecule has 2 aromatic heterocycles. The van der Waals surface area contributed by atoms with Gasteiger partial charge in [0.25, 0.3) is 5.56 Å². The summed E-state index contributed by atoms with van der Waals surface area (Å²) < 4.78 is 4.41. The van der Waals surface area contributed by atoms with Crippen molar-refractivity contribution in [2.24, 2.45) is 17.6 Å². The van der Waals surface area contributed by atoms with Crippen LogP contribution >= 0.6 is 0 Å². The van der Waals surface area contributed by atoms with E-state index in [1.54, 1.807) is 18.1 Å². The van der Waals surface area contributed by atoms with Crippen LogP contribution in [0.5, 0.6) is 0 Å². The van der Waals surface area contributed by atoms with Gasteiger partial charge >= 0.3 is 5.69 Å². The van der Waals surface area contributed by atoms with Gasteiger partial charge in [0.05, 0.1) is 18.8 Å².